The first-order valence-electron chi connectivity index (χ1n) is 4.32. The second-order valence-corrected chi connectivity index (χ2v) is 3.22. The second-order valence-electron chi connectivity index (χ2n) is 3.22. The van der Waals surface area contributed by atoms with Crippen molar-refractivity contribution in [2.24, 2.45) is 0 Å². The molecule has 0 aliphatic heterocycles. The van der Waals surface area contributed by atoms with E-state index >= 15 is 0 Å². The van der Waals surface area contributed by atoms with E-state index in [9.17, 15) is 9.59 Å². The van der Waals surface area contributed by atoms with Crippen LogP contribution >= 0.6 is 0 Å². The number of amides is 1. The van der Waals surface area contributed by atoms with Crippen LogP contribution in [0.25, 0.3) is 0 Å². The molecule has 5 nitrogen and oxygen atoms in total. The molecule has 0 unspecified atom stereocenters. The number of hydrogen-bond donors (Lipinski definition) is 2. The molecule has 1 aromatic rings. The molecule has 0 heterocycles. The zero-order valence-corrected chi connectivity index (χ0v) is 8.52. The van der Waals surface area contributed by atoms with Crippen molar-refractivity contribution in [3.05, 3.63) is 35.4 Å². The SMILES string of the molecule is CN(C)NC(=O)c1cccc(C(=O)O)c1. The fourth-order valence-electron chi connectivity index (χ4n) is 1.06. The Balaban J connectivity index is 2.90. The standard InChI is InChI=1S/C10H12N2O3/c1-12(2)11-9(13)7-4-3-5-8(6-7)10(14)15/h3-6H,1-2H3,(H,11,13)(H,14,15). The molecule has 1 amide bonds. The summed E-state index contributed by atoms with van der Waals surface area (Å²) in [6.45, 7) is 0. The summed E-state index contributed by atoms with van der Waals surface area (Å²) < 4.78 is 0. The minimum absolute atomic E-state index is 0.0985. The van der Waals surface area contributed by atoms with Gasteiger partial charge in [0.15, 0.2) is 0 Å². The number of carbonyl (C=O) groups excluding carboxylic acids is 1. The smallest absolute Gasteiger partial charge is 0.335 e. The fraction of sp³-hybridized carbons (Fsp3) is 0.200. The van der Waals surface area contributed by atoms with E-state index in [-0.39, 0.29) is 11.5 Å². The van der Waals surface area contributed by atoms with Crippen molar-refractivity contribution in [2.75, 3.05) is 14.1 Å². The predicted molar refractivity (Wildman–Crippen MR) is 54.6 cm³/mol. The van der Waals surface area contributed by atoms with Gasteiger partial charge in [-0.05, 0) is 18.2 Å². The third-order valence-electron chi connectivity index (χ3n) is 1.70. The van der Waals surface area contributed by atoms with E-state index in [1.54, 1.807) is 20.2 Å². The Kier molecular flexibility index (Phi) is 3.41. The van der Waals surface area contributed by atoms with Gasteiger partial charge in [0.05, 0.1) is 5.56 Å². The average Bonchev–Trinajstić information content (AvgIpc) is 2.17. The molecular formula is C10H12N2O3. The highest BCUT2D eigenvalue weighted by Crippen LogP contribution is 2.05. The third kappa shape index (κ3) is 3.07. The van der Waals surface area contributed by atoms with Crippen molar-refractivity contribution in [2.45, 2.75) is 0 Å². The maximum Gasteiger partial charge on any atom is 0.335 e. The van der Waals surface area contributed by atoms with Gasteiger partial charge in [-0.25, -0.2) is 9.80 Å². The molecule has 0 atom stereocenters. The lowest BCUT2D eigenvalue weighted by Crippen LogP contribution is -2.36. The van der Waals surface area contributed by atoms with Gasteiger partial charge in [-0.3, -0.25) is 10.2 Å². The minimum atomic E-state index is -1.05. The summed E-state index contributed by atoms with van der Waals surface area (Å²) in [6, 6.07) is 5.87. The number of benzene rings is 1. The van der Waals surface area contributed by atoms with E-state index in [1.807, 2.05) is 0 Å². The summed E-state index contributed by atoms with van der Waals surface area (Å²) in [5, 5.41) is 10.2. The van der Waals surface area contributed by atoms with Crippen molar-refractivity contribution in [1.29, 1.82) is 0 Å². The third-order valence-corrected chi connectivity index (χ3v) is 1.70. The van der Waals surface area contributed by atoms with Gasteiger partial charge in [0.25, 0.3) is 5.91 Å². The molecule has 1 rings (SSSR count). The molecule has 0 aliphatic carbocycles. The molecule has 2 N–H and O–H groups in total. The zero-order valence-electron chi connectivity index (χ0n) is 8.52. The number of hydrogen-bond acceptors (Lipinski definition) is 3. The summed E-state index contributed by atoms with van der Waals surface area (Å²) in [4.78, 5) is 22.1. The number of carboxylic acid groups (broad SMARTS) is 1. The van der Waals surface area contributed by atoms with Crippen LogP contribution in [0.4, 0.5) is 0 Å². The molecule has 15 heavy (non-hydrogen) atoms. The Bertz CT molecular complexity index is 388. The number of rotatable bonds is 3. The van der Waals surface area contributed by atoms with E-state index < -0.39 is 5.97 Å². The normalized spacial score (nSPS) is 10.1. The number of nitrogens with zero attached hydrogens (tertiary/aromatic N) is 1. The van der Waals surface area contributed by atoms with Crippen LogP contribution < -0.4 is 5.43 Å². The Hall–Kier alpha value is -1.88. The van der Waals surface area contributed by atoms with Gasteiger partial charge in [0.2, 0.25) is 0 Å². The van der Waals surface area contributed by atoms with Gasteiger partial charge in [-0.15, -0.1) is 0 Å². The van der Waals surface area contributed by atoms with Gasteiger partial charge in [0.1, 0.15) is 0 Å². The Morgan fingerprint density at radius 3 is 2.40 bits per heavy atom. The highest BCUT2D eigenvalue weighted by Gasteiger charge is 2.09. The van der Waals surface area contributed by atoms with E-state index in [1.165, 1.54) is 23.2 Å². The minimum Gasteiger partial charge on any atom is -0.478 e. The molecule has 0 saturated carbocycles. The lowest BCUT2D eigenvalue weighted by Gasteiger charge is -2.11. The van der Waals surface area contributed by atoms with E-state index in [4.69, 9.17) is 5.11 Å². The number of carbonyl (C=O) groups is 2. The van der Waals surface area contributed by atoms with E-state index in [2.05, 4.69) is 5.43 Å². The van der Waals surface area contributed by atoms with Crippen molar-refractivity contribution in [3.8, 4) is 0 Å². The van der Waals surface area contributed by atoms with Gasteiger partial charge >= 0.3 is 5.97 Å². The first kappa shape index (κ1) is 11.2. The first-order valence-corrected chi connectivity index (χ1v) is 4.32. The van der Waals surface area contributed by atoms with Crippen molar-refractivity contribution in [1.82, 2.24) is 10.4 Å². The fourth-order valence-corrected chi connectivity index (χ4v) is 1.06. The second kappa shape index (κ2) is 4.56. The monoisotopic (exact) mass is 208 g/mol. The largest absolute Gasteiger partial charge is 0.478 e. The van der Waals surface area contributed by atoms with E-state index in [0.29, 0.717) is 5.56 Å². The molecule has 80 valence electrons. The van der Waals surface area contributed by atoms with Crippen LogP contribution in [-0.4, -0.2) is 36.1 Å². The maximum atomic E-state index is 11.5. The van der Waals surface area contributed by atoms with Gasteiger partial charge in [-0.1, -0.05) is 6.07 Å². The molecule has 0 fully saturated rings. The molecular weight excluding hydrogens is 196 g/mol. The van der Waals surface area contributed by atoms with Crippen LogP contribution in [0.3, 0.4) is 0 Å². The van der Waals surface area contributed by atoms with Crippen LogP contribution in [0.5, 0.6) is 0 Å². The quantitative estimate of drug-likeness (QED) is 0.713. The molecule has 5 heteroatoms. The first-order chi connectivity index (χ1) is 7.00. The Labute approximate surface area is 87.3 Å². The van der Waals surface area contributed by atoms with E-state index in [0.717, 1.165) is 0 Å². The molecule has 0 bridgehead atoms. The number of nitrogens with one attached hydrogen (secondary N) is 1. The van der Waals surface area contributed by atoms with Gasteiger partial charge in [0, 0.05) is 19.7 Å². The molecule has 0 spiro atoms. The van der Waals surface area contributed by atoms with Crippen LogP contribution in [0.15, 0.2) is 24.3 Å². The molecule has 0 aromatic heterocycles. The molecule has 0 saturated heterocycles. The van der Waals surface area contributed by atoms with Crippen LogP contribution in [-0.2, 0) is 0 Å². The number of aromatic carboxylic acids is 1. The van der Waals surface area contributed by atoms with Crippen molar-refractivity contribution >= 4 is 11.9 Å². The summed E-state index contributed by atoms with van der Waals surface area (Å²) >= 11 is 0. The van der Waals surface area contributed by atoms with Crippen LogP contribution in [0.2, 0.25) is 0 Å². The van der Waals surface area contributed by atoms with Crippen LogP contribution in [0, 0.1) is 0 Å². The molecule has 0 aliphatic rings. The lowest BCUT2D eigenvalue weighted by molar-refractivity contribution is 0.0697. The summed E-state index contributed by atoms with van der Waals surface area (Å²) in [6.07, 6.45) is 0. The summed E-state index contributed by atoms with van der Waals surface area (Å²) in [5.41, 5.74) is 2.95. The Morgan fingerprint density at radius 1 is 1.27 bits per heavy atom. The predicted octanol–water partition coefficient (Wildman–Crippen LogP) is 0.591. The van der Waals surface area contributed by atoms with Gasteiger partial charge in [-0.2, -0.15) is 0 Å². The van der Waals surface area contributed by atoms with Crippen molar-refractivity contribution < 1.29 is 14.7 Å². The zero-order chi connectivity index (χ0) is 11.4. The highest BCUT2D eigenvalue weighted by molar-refractivity contribution is 5.97. The Morgan fingerprint density at radius 2 is 1.87 bits per heavy atom. The molecule has 0 radical (unpaired) electrons. The lowest BCUT2D eigenvalue weighted by atomic mass is 10.1. The summed E-state index contributed by atoms with van der Waals surface area (Å²) in [7, 11) is 3.36. The maximum absolute atomic E-state index is 11.5. The topological polar surface area (TPSA) is 69.6 Å². The highest BCUT2D eigenvalue weighted by atomic mass is 16.4. The molecule has 1 aromatic carbocycles. The number of carboxylic acids is 1. The van der Waals surface area contributed by atoms with Crippen LogP contribution in [0.1, 0.15) is 20.7 Å². The average molecular weight is 208 g/mol. The number of hydrazine groups is 1. The van der Waals surface area contributed by atoms with Gasteiger partial charge < -0.3 is 5.11 Å². The van der Waals surface area contributed by atoms with Crippen molar-refractivity contribution in [3.63, 3.8) is 0 Å². The summed E-state index contributed by atoms with van der Waals surface area (Å²) in [5.74, 6) is -1.38.